The molecule has 3 heterocycles. The average molecular weight is 268 g/mol. The lowest BCUT2D eigenvalue weighted by atomic mass is 10.0. The number of nitrogens with zero attached hydrogens (tertiary/aromatic N) is 4. The average Bonchev–Trinajstić information content (AvgIpc) is 2.94. The van der Waals surface area contributed by atoms with Crippen molar-refractivity contribution in [2.24, 2.45) is 0 Å². The van der Waals surface area contributed by atoms with Gasteiger partial charge in [-0.05, 0) is 38.3 Å². The van der Waals surface area contributed by atoms with Gasteiger partial charge in [-0.3, -0.25) is 0 Å². The maximum Gasteiger partial charge on any atom is 0.158 e. The van der Waals surface area contributed by atoms with Gasteiger partial charge in [0.15, 0.2) is 5.69 Å². The monoisotopic (exact) mass is 268 g/mol. The third-order valence-electron chi connectivity index (χ3n) is 3.64. The van der Waals surface area contributed by atoms with Crippen molar-refractivity contribution in [3.63, 3.8) is 0 Å². The highest BCUT2D eigenvalue weighted by Gasteiger charge is 2.27. The van der Waals surface area contributed by atoms with E-state index in [0.29, 0.717) is 5.69 Å². The highest BCUT2D eigenvalue weighted by atomic mass is 16.3. The zero-order chi connectivity index (χ0) is 13.9. The predicted molar refractivity (Wildman–Crippen MR) is 74.1 cm³/mol. The molecule has 2 aromatic rings. The summed E-state index contributed by atoms with van der Waals surface area (Å²) in [5.41, 5.74) is 0.344. The first-order valence-corrected chi connectivity index (χ1v) is 6.83. The molecule has 0 N–H and O–H groups in total. The van der Waals surface area contributed by atoms with Crippen LogP contribution < -0.4 is 4.90 Å². The van der Waals surface area contributed by atoms with Crippen LogP contribution in [0.3, 0.4) is 0 Å². The second-order valence-corrected chi connectivity index (χ2v) is 5.03. The molecule has 0 saturated carbocycles. The van der Waals surface area contributed by atoms with Crippen molar-refractivity contribution < 1.29 is 4.42 Å². The van der Waals surface area contributed by atoms with Crippen LogP contribution in [0.4, 0.5) is 5.82 Å². The standard InChI is InChI=1S/C15H16N4O/c1-11-5-6-14(20-11)13-4-2-3-7-19(13)15-10-17-12(8-16)9-18-15/h5-6,9-10,13H,2-4,7H2,1H3. The number of hydrogen-bond donors (Lipinski definition) is 0. The summed E-state index contributed by atoms with van der Waals surface area (Å²) in [7, 11) is 0. The summed E-state index contributed by atoms with van der Waals surface area (Å²) < 4.78 is 5.78. The van der Waals surface area contributed by atoms with Crippen molar-refractivity contribution in [2.45, 2.75) is 32.2 Å². The SMILES string of the molecule is Cc1ccc(C2CCCCN2c2cnc(C#N)cn2)o1. The number of nitriles is 1. The van der Waals surface area contributed by atoms with Gasteiger partial charge in [0, 0.05) is 6.54 Å². The van der Waals surface area contributed by atoms with Crippen molar-refractivity contribution >= 4 is 5.82 Å². The Kier molecular flexibility index (Phi) is 3.38. The lowest BCUT2D eigenvalue weighted by Crippen LogP contribution is -2.33. The van der Waals surface area contributed by atoms with E-state index in [9.17, 15) is 0 Å². The Balaban J connectivity index is 1.90. The predicted octanol–water partition coefficient (Wildman–Crippen LogP) is 2.98. The Labute approximate surface area is 117 Å². The van der Waals surface area contributed by atoms with E-state index in [1.165, 1.54) is 12.6 Å². The van der Waals surface area contributed by atoms with Crippen molar-refractivity contribution in [3.8, 4) is 6.07 Å². The Morgan fingerprint density at radius 3 is 2.85 bits per heavy atom. The van der Waals surface area contributed by atoms with E-state index in [-0.39, 0.29) is 6.04 Å². The number of hydrogen-bond acceptors (Lipinski definition) is 5. The summed E-state index contributed by atoms with van der Waals surface area (Å²) in [4.78, 5) is 10.7. The van der Waals surface area contributed by atoms with Crippen LogP contribution in [0, 0.1) is 18.3 Å². The molecule has 5 heteroatoms. The van der Waals surface area contributed by atoms with E-state index in [1.54, 1.807) is 6.20 Å². The van der Waals surface area contributed by atoms with Gasteiger partial charge in [0.1, 0.15) is 23.4 Å². The molecule has 5 nitrogen and oxygen atoms in total. The smallest absolute Gasteiger partial charge is 0.158 e. The van der Waals surface area contributed by atoms with Gasteiger partial charge in [-0.25, -0.2) is 9.97 Å². The van der Waals surface area contributed by atoms with Crippen LogP contribution in [0.15, 0.2) is 28.9 Å². The second kappa shape index (κ2) is 5.33. The van der Waals surface area contributed by atoms with Crippen molar-refractivity contribution in [1.82, 2.24) is 9.97 Å². The van der Waals surface area contributed by atoms with E-state index >= 15 is 0 Å². The Bertz CT molecular complexity index is 626. The number of rotatable bonds is 2. The molecular formula is C15H16N4O. The van der Waals surface area contributed by atoms with Crippen LogP contribution in [0.1, 0.15) is 42.5 Å². The molecule has 1 atom stereocenters. The fourth-order valence-corrected chi connectivity index (χ4v) is 2.66. The molecule has 1 aliphatic heterocycles. The molecular weight excluding hydrogens is 252 g/mol. The number of anilines is 1. The van der Waals surface area contributed by atoms with Gasteiger partial charge < -0.3 is 9.32 Å². The van der Waals surface area contributed by atoms with Crippen LogP contribution in [-0.4, -0.2) is 16.5 Å². The first kappa shape index (κ1) is 12.7. The van der Waals surface area contributed by atoms with Crippen LogP contribution in [0.5, 0.6) is 0 Å². The summed E-state index contributed by atoms with van der Waals surface area (Å²) in [6, 6.07) is 6.23. The number of piperidine rings is 1. The zero-order valence-corrected chi connectivity index (χ0v) is 11.4. The topological polar surface area (TPSA) is 66.0 Å². The summed E-state index contributed by atoms with van der Waals surface area (Å²) in [6.45, 7) is 2.89. The lowest BCUT2D eigenvalue weighted by Gasteiger charge is -2.35. The van der Waals surface area contributed by atoms with Gasteiger partial charge in [-0.15, -0.1) is 0 Å². The van der Waals surface area contributed by atoms with E-state index < -0.39 is 0 Å². The van der Waals surface area contributed by atoms with Gasteiger partial charge >= 0.3 is 0 Å². The van der Waals surface area contributed by atoms with Crippen molar-refractivity contribution in [3.05, 3.63) is 41.7 Å². The van der Waals surface area contributed by atoms with Gasteiger partial charge in [-0.1, -0.05) is 0 Å². The maximum atomic E-state index is 8.79. The quantitative estimate of drug-likeness (QED) is 0.837. The largest absolute Gasteiger partial charge is 0.464 e. The third-order valence-corrected chi connectivity index (χ3v) is 3.64. The third kappa shape index (κ3) is 2.37. The normalized spacial score (nSPS) is 18.8. The van der Waals surface area contributed by atoms with Gasteiger partial charge in [-0.2, -0.15) is 5.26 Å². The fourth-order valence-electron chi connectivity index (χ4n) is 2.66. The second-order valence-electron chi connectivity index (χ2n) is 5.03. The van der Waals surface area contributed by atoms with E-state index in [2.05, 4.69) is 14.9 Å². The highest BCUT2D eigenvalue weighted by molar-refractivity contribution is 5.41. The molecule has 1 saturated heterocycles. The molecule has 0 bridgehead atoms. The minimum Gasteiger partial charge on any atom is -0.464 e. The molecule has 102 valence electrons. The van der Waals surface area contributed by atoms with Crippen LogP contribution in [0.25, 0.3) is 0 Å². The zero-order valence-electron chi connectivity index (χ0n) is 11.4. The molecule has 1 aliphatic rings. The molecule has 20 heavy (non-hydrogen) atoms. The van der Waals surface area contributed by atoms with Gasteiger partial charge in [0.05, 0.1) is 18.4 Å². The molecule has 0 aromatic carbocycles. The van der Waals surface area contributed by atoms with Crippen LogP contribution >= 0.6 is 0 Å². The molecule has 0 radical (unpaired) electrons. The fraction of sp³-hybridized carbons (Fsp3) is 0.400. The lowest BCUT2D eigenvalue weighted by molar-refractivity contribution is 0.380. The molecule has 0 amide bonds. The first-order chi connectivity index (χ1) is 9.78. The number of aromatic nitrogens is 2. The summed E-state index contributed by atoms with van der Waals surface area (Å²) in [6.07, 6.45) is 6.57. The van der Waals surface area contributed by atoms with E-state index in [4.69, 9.17) is 9.68 Å². The minimum absolute atomic E-state index is 0.208. The van der Waals surface area contributed by atoms with E-state index in [0.717, 1.165) is 36.7 Å². The van der Waals surface area contributed by atoms with Crippen LogP contribution in [-0.2, 0) is 0 Å². The van der Waals surface area contributed by atoms with Gasteiger partial charge in [0.2, 0.25) is 0 Å². The Morgan fingerprint density at radius 2 is 2.20 bits per heavy atom. The minimum atomic E-state index is 0.208. The van der Waals surface area contributed by atoms with E-state index in [1.807, 2.05) is 25.1 Å². The van der Waals surface area contributed by atoms with Crippen molar-refractivity contribution in [1.29, 1.82) is 5.26 Å². The number of aryl methyl sites for hydroxylation is 1. The van der Waals surface area contributed by atoms with Gasteiger partial charge in [0.25, 0.3) is 0 Å². The number of furan rings is 1. The molecule has 1 fully saturated rings. The first-order valence-electron chi connectivity index (χ1n) is 6.83. The molecule has 0 aliphatic carbocycles. The molecule has 2 aromatic heterocycles. The Morgan fingerprint density at radius 1 is 1.30 bits per heavy atom. The Hall–Kier alpha value is -2.35. The van der Waals surface area contributed by atoms with Crippen molar-refractivity contribution in [2.75, 3.05) is 11.4 Å². The molecule has 3 rings (SSSR count). The molecule has 0 spiro atoms. The van der Waals surface area contributed by atoms with Crippen LogP contribution in [0.2, 0.25) is 0 Å². The summed E-state index contributed by atoms with van der Waals surface area (Å²) in [5, 5.41) is 8.79. The maximum absolute atomic E-state index is 8.79. The highest BCUT2D eigenvalue weighted by Crippen LogP contribution is 2.34. The summed E-state index contributed by atoms with van der Waals surface area (Å²) >= 11 is 0. The summed E-state index contributed by atoms with van der Waals surface area (Å²) in [5.74, 6) is 2.72. The molecule has 1 unspecified atom stereocenters.